The average Bonchev–Trinajstić information content (AvgIpc) is 0.900. The van der Waals surface area contributed by atoms with Gasteiger partial charge in [0.05, 0.1) is 183 Å². The molecule has 15 atom stereocenters. The maximum Gasteiger partial charge on any atom is 0.268 e. The van der Waals surface area contributed by atoms with Crippen LogP contribution in [-0.4, -0.2) is 234 Å². The summed E-state index contributed by atoms with van der Waals surface area (Å²) in [4.78, 5) is 132. The quantitative estimate of drug-likeness (QED) is 0.0169. The lowest BCUT2D eigenvalue weighted by molar-refractivity contribution is -0.243. The number of aliphatic hydroxyl groups excluding tert-OH is 3. The normalized spacial score (nSPS) is 19.9. The van der Waals surface area contributed by atoms with Gasteiger partial charge in [0.15, 0.2) is 0 Å². The Hall–Kier alpha value is 0.890. The highest BCUT2D eigenvalue weighted by molar-refractivity contribution is 7.50. The molecule has 606 valence electrons. The number of hydrogen-bond acceptors (Lipinski definition) is 52. The lowest BCUT2D eigenvalue weighted by Crippen LogP contribution is -2.26. The molecule has 0 aromatic carbocycles. The van der Waals surface area contributed by atoms with Gasteiger partial charge in [0.2, 0.25) is 0 Å². The van der Waals surface area contributed by atoms with E-state index in [0.717, 1.165) is 20.5 Å². The first kappa shape index (κ1) is 105. The van der Waals surface area contributed by atoms with Crippen molar-refractivity contribution < 1.29 is 224 Å². The van der Waals surface area contributed by atoms with Crippen LogP contribution in [0.15, 0.2) is 0 Å². The number of ether oxygens (including phenoxy) is 2. The maximum absolute atomic E-state index is 12.6. The summed E-state index contributed by atoms with van der Waals surface area (Å²) in [5, 5.41) is 35.0. The van der Waals surface area contributed by atoms with Crippen molar-refractivity contribution in [3.05, 3.63) is 0 Å². The van der Waals surface area contributed by atoms with Gasteiger partial charge in [0.1, 0.15) is 7.60 Å². The fourth-order valence-corrected chi connectivity index (χ4v) is 13.2. The Kier molecular flexibility index (Phi) is 59.0. The van der Waals surface area contributed by atoms with E-state index >= 15 is 0 Å². The predicted octanol–water partition coefficient (Wildman–Crippen LogP) is -6.81. The van der Waals surface area contributed by atoms with Gasteiger partial charge < -0.3 is 178 Å². The predicted molar refractivity (Wildman–Crippen MR) is 310 cm³/mol. The Morgan fingerprint density at radius 2 is 0.500 bits per heavy atom. The van der Waals surface area contributed by atoms with E-state index in [0.29, 0.717) is 0 Å². The molecule has 0 heterocycles. The highest BCUT2D eigenvalue weighted by Gasteiger charge is 2.26. The van der Waals surface area contributed by atoms with E-state index in [9.17, 15) is 109 Å². The van der Waals surface area contributed by atoms with Crippen molar-refractivity contribution in [1.82, 2.24) is 21.3 Å². The minimum atomic E-state index is -5.50. The van der Waals surface area contributed by atoms with E-state index < -0.39 is 236 Å². The van der Waals surface area contributed by atoms with Gasteiger partial charge in [-0.1, -0.05) is 0 Å². The van der Waals surface area contributed by atoms with E-state index in [4.69, 9.17) is 24.2 Å². The summed E-state index contributed by atoms with van der Waals surface area (Å²) in [6, 6.07) is 0. The van der Waals surface area contributed by atoms with Crippen LogP contribution in [0, 0.1) is 0 Å². The van der Waals surface area contributed by atoms with Crippen LogP contribution in [0.1, 0.15) is 26.7 Å². The standard InChI is InChI=1S/C33H81N2O46P11.2C2H7NO/c1-30(78-89(51,52)71-11-10-61-82(5,37)38)25-75-86(45,46)68-19-21-72-90(53,54)79-31(2)26-76-87(47,48)69-20-23-74-92(57,58)81-33(7-9-60-29-35-4)27-77-88(49,50)70-17-16-66-84(41,42)64-13-12-62-83(39,40)63-14-15-65-85(43,44)67-18-22-73-91(55,56)80-32(24-36)6-8-59-28-34-3;2*1-3-2-4/h30-36H,6-29H2,1-5H3,(H,37,38)(H,39,40)(H,41,42)(H,43,44)(H,45,46)(H,47,48)(H,49,50)(H,51,52)(H,53,54)(H,55,56)(H,57,58);2*3-4H,2H2,1H3/p-11. The van der Waals surface area contributed by atoms with Crippen molar-refractivity contribution in [3.8, 4) is 0 Å². The van der Waals surface area contributed by atoms with Crippen LogP contribution in [0.3, 0.4) is 0 Å². The number of nitrogens with one attached hydrogen (secondary N) is 4. The van der Waals surface area contributed by atoms with Crippen molar-refractivity contribution in [1.29, 1.82) is 0 Å². The van der Waals surface area contributed by atoms with Crippen molar-refractivity contribution in [2.24, 2.45) is 0 Å². The second kappa shape index (κ2) is 56.2. The molecule has 0 amide bonds. The lowest BCUT2D eigenvalue weighted by Gasteiger charge is -2.31. The molecule has 0 aromatic heterocycles. The fourth-order valence-electron chi connectivity index (χ4n) is 5.04. The molecule has 0 aliphatic rings. The summed E-state index contributed by atoms with van der Waals surface area (Å²) >= 11 is 0. The molecule has 0 bridgehead atoms. The van der Waals surface area contributed by atoms with Crippen LogP contribution in [-0.2, 0) is 155 Å². The molecule has 0 saturated heterocycles. The van der Waals surface area contributed by atoms with Crippen LogP contribution in [0.5, 0.6) is 0 Å². The number of rotatable bonds is 65. The molecule has 0 rings (SSSR count). The van der Waals surface area contributed by atoms with Crippen molar-refractivity contribution in [3.63, 3.8) is 0 Å². The van der Waals surface area contributed by atoms with Crippen LogP contribution >= 0.6 is 85.8 Å². The topological polar surface area (TPSA) is 763 Å². The largest absolute Gasteiger partial charge is 0.779 e. The summed E-state index contributed by atoms with van der Waals surface area (Å²) in [5.41, 5.74) is 0. The lowest BCUT2D eigenvalue weighted by atomic mass is 10.3. The Morgan fingerprint density at radius 1 is 0.290 bits per heavy atom. The summed E-state index contributed by atoms with van der Waals surface area (Å²) in [6.45, 7) is -15.3. The van der Waals surface area contributed by atoms with Gasteiger partial charge >= 0.3 is 0 Å². The summed E-state index contributed by atoms with van der Waals surface area (Å²) in [5.74, 6) is 0. The molecule has 63 heteroatoms. The molecular weight excluding hydrogens is 1610 g/mol. The van der Waals surface area contributed by atoms with Crippen molar-refractivity contribution in [2.45, 2.75) is 51.1 Å². The molecular formula is C37H84N4O48P11-11. The number of phosphoric acid groups is 10. The molecule has 0 radical (unpaired) electrons. The molecule has 52 nitrogen and oxygen atoms in total. The second-order valence-electron chi connectivity index (χ2n) is 17.7. The van der Waals surface area contributed by atoms with Crippen LogP contribution in [0.25, 0.3) is 0 Å². The maximum atomic E-state index is 12.6. The number of aliphatic hydroxyl groups is 3. The highest BCUT2D eigenvalue weighted by atomic mass is 31.2. The highest BCUT2D eigenvalue weighted by Crippen LogP contribution is 2.48. The van der Waals surface area contributed by atoms with Gasteiger partial charge in [-0.05, 0) is 54.9 Å². The first-order valence-corrected chi connectivity index (χ1v) is 44.4. The first-order chi connectivity index (χ1) is 46.1. The fraction of sp³-hybridized carbons (Fsp3) is 1.00. The average molecular weight is 1690 g/mol. The zero-order chi connectivity index (χ0) is 77.3. The van der Waals surface area contributed by atoms with Crippen molar-refractivity contribution >= 4 is 85.8 Å². The molecule has 0 aromatic rings. The zero-order valence-electron chi connectivity index (χ0n) is 54.3. The van der Waals surface area contributed by atoms with E-state index in [2.05, 4.69) is 112 Å². The number of phosphoric ester groups is 10. The Bertz CT molecular complexity index is 2690. The SMILES string of the molecule is CNCO.CNCO.CNCOCCC(CO)OP(=O)([O-])OCCOP(=O)([O-])OCCOP(=O)([O-])OCCOP(=O)([O-])OCCOP(=O)([O-])OCC(CCOCNC)OP(=O)([O-])OCCOP(=O)([O-])OCC(C)OP(=O)([O-])OCCOP(=O)([O-])OCC(C)OP(=O)([O-])OCCOP(C)(=O)[O-]. The third-order valence-corrected chi connectivity index (χ3v) is 19.7. The Labute approximate surface area is 574 Å². The Morgan fingerprint density at radius 3 is 0.740 bits per heavy atom. The summed E-state index contributed by atoms with van der Waals surface area (Å²) in [7, 11) is -50.7. The van der Waals surface area contributed by atoms with Gasteiger partial charge in [-0.25, -0.2) is 0 Å². The molecule has 0 spiro atoms. The van der Waals surface area contributed by atoms with Gasteiger partial charge in [-0.3, -0.25) is 66.9 Å². The molecule has 0 aliphatic heterocycles. The molecule has 15 unspecified atom stereocenters. The smallest absolute Gasteiger partial charge is 0.268 e. The molecule has 100 heavy (non-hydrogen) atoms. The van der Waals surface area contributed by atoms with E-state index in [1.807, 2.05) is 0 Å². The minimum absolute atomic E-state index is 0.00471. The van der Waals surface area contributed by atoms with E-state index in [1.54, 1.807) is 21.1 Å². The monoisotopic (exact) mass is 1690 g/mol. The molecule has 0 fully saturated rings. The first-order valence-electron chi connectivity index (χ1n) is 27.8. The van der Waals surface area contributed by atoms with Crippen molar-refractivity contribution in [2.75, 3.05) is 194 Å². The zero-order valence-corrected chi connectivity index (χ0v) is 64.2. The van der Waals surface area contributed by atoms with E-state index in [-0.39, 0.29) is 46.6 Å². The summed E-state index contributed by atoms with van der Waals surface area (Å²) < 4.78 is 235. The third-order valence-electron chi connectivity index (χ3n) is 8.86. The second-order valence-corrected chi connectivity index (χ2v) is 33.4. The van der Waals surface area contributed by atoms with Gasteiger partial charge in [0, 0.05) is 6.66 Å². The summed E-state index contributed by atoms with van der Waals surface area (Å²) in [6.07, 6.45) is -6.64. The van der Waals surface area contributed by atoms with Crippen LogP contribution in [0.4, 0.5) is 0 Å². The minimum Gasteiger partial charge on any atom is -0.779 e. The van der Waals surface area contributed by atoms with Crippen LogP contribution in [0.2, 0.25) is 0 Å². The third kappa shape index (κ3) is 68.2. The van der Waals surface area contributed by atoms with Gasteiger partial charge in [-0.2, -0.15) is 0 Å². The number of hydrogen-bond donors (Lipinski definition) is 7. The Balaban J connectivity index is -0.0000111. The van der Waals surface area contributed by atoms with Gasteiger partial charge in [-0.15, -0.1) is 0 Å². The van der Waals surface area contributed by atoms with Gasteiger partial charge in [0.25, 0.3) is 78.2 Å². The molecule has 7 N–H and O–H groups in total. The van der Waals surface area contributed by atoms with Crippen LogP contribution < -0.4 is 75.1 Å². The molecule has 0 saturated carbocycles. The molecule has 0 aliphatic carbocycles. The van der Waals surface area contributed by atoms with E-state index in [1.165, 1.54) is 7.05 Å².